The van der Waals surface area contributed by atoms with Gasteiger partial charge in [-0.2, -0.15) is 5.10 Å². The van der Waals surface area contributed by atoms with Gasteiger partial charge in [0.1, 0.15) is 11.5 Å². The van der Waals surface area contributed by atoms with E-state index in [1.165, 1.54) is 6.21 Å². The molecule has 0 saturated carbocycles. The average molecular weight is 535 g/mol. The van der Waals surface area contributed by atoms with Gasteiger partial charge in [-0.15, -0.1) is 0 Å². The summed E-state index contributed by atoms with van der Waals surface area (Å²) in [4.78, 5) is 24.0. The molecule has 6 nitrogen and oxygen atoms in total. The van der Waals surface area contributed by atoms with Gasteiger partial charge in [-0.1, -0.05) is 35.9 Å². The first-order valence-corrected chi connectivity index (χ1v) is 10.2. The fraction of sp³-hybridized carbons (Fsp3) is 0.0455. The topological polar surface area (TPSA) is 77.0 Å². The Kier molecular flexibility index (Phi) is 7.81. The first kappa shape index (κ1) is 21.8. The molecule has 0 fully saturated rings. The molecule has 0 heterocycles. The molecule has 152 valence electrons. The highest BCUT2D eigenvalue weighted by molar-refractivity contribution is 14.1. The van der Waals surface area contributed by atoms with Gasteiger partial charge in [0.05, 0.1) is 16.8 Å². The average Bonchev–Trinajstić information content (AvgIpc) is 2.74. The minimum absolute atomic E-state index is 0.214. The molecule has 0 atom stereocenters. The first-order chi connectivity index (χ1) is 14.5. The number of nitrogens with one attached hydrogen (secondary N) is 1. The van der Waals surface area contributed by atoms with Crippen molar-refractivity contribution in [3.8, 4) is 11.5 Å². The Morgan fingerprint density at radius 3 is 2.43 bits per heavy atom. The van der Waals surface area contributed by atoms with Crippen molar-refractivity contribution in [2.45, 2.75) is 0 Å². The predicted molar refractivity (Wildman–Crippen MR) is 123 cm³/mol. The number of hydrazone groups is 1. The second-order valence-corrected chi connectivity index (χ2v) is 7.52. The molecule has 3 aromatic carbocycles. The van der Waals surface area contributed by atoms with Gasteiger partial charge in [0.2, 0.25) is 0 Å². The molecule has 0 unspecified atom stereocenters. The smallest absolute Gasteiger partial charge is 0.344 e. The monoisotopic (exact) mass is 534 g/mol. The standard InChI is InChI=1S/C22H16ClIN2O4/c23-18-6-2-4-8-20(18)29-14-21(27)26-25-13-15-9-11-16(12-10-15)30-22(28)17-5-1-3-7-19(17)24/h1-13H,14H2,(H,26,27)/b25-13+. The molecule has 0 aliphatic heterocycles. The lowest BCUT2D eigenvalue weighted by Gasteiger charge is -2.06. The number of nitrogens with zero attached hydrogens (tertiary/aromatic N) is 1. The van der Waals surface area contributed by atoms with E-state index in [1.54, 1.807) is 60.7 Å². The van der Waals surface area contributed by atoms with Crippen LogP contribution in [-0.4, -0.2) is 24.7 Å². The van der Waals surface area contributed by atoms with Gasteiger partial charge < -0.3 is 9.47 Å². The number of rotatable bonds is 7. The van der Waals surface area contributed by atoms with Crippen LogP contribution in [0.2, 0.25) is 5.02 Å². The van der Waals surface area contributed by atoms with Crippen molar-refractivity contribution in [1.29, 1.82) is 0 Å². The second kappa shape index (κ2) is 10.7. The highest BCUT2D eigenvalue weighted by Crippen LogP contribution is 2.22. The molecule has 0 saturated heterocycles. The van der Waals surface area contributed by atoms with E-state index in [-0.39, 0.29) is 6.61 Å². The van der Waals surface area contributed by atoms with E-state index in [9.17, 15) is 9.59 Å². The maximum atomic E-state index is 12.2. The van der Waals surface area contributed by atoms with Crippen molar-refractivity contribution in [2.24, 2.45) is 5.10 Å². The Hall–Kier alpha value is -2.91. The Morgan fingerprint density at radius 2 is 1.70 bits per heavy atom. The van der Waals surface area contributed by atoms with Gasteiger partial charge in [0, 0.05) is 3.57 Å². The van der Waals surface area contributed by atoms with E-state index in [0.717, 1.165) is 9.13 Å². The number of ether oxygens (including phenoxy) is 2. The van der Waals surface area contributed by atoms with Crippen molar-refractivity contribution in [3.63, 3.8) is 0 Å². The molecule has 8 heteroatoms. The molecular formula is C22H16ClIN2O4. The lowest BCUT2D eigenvalue weighted by Crippen LogP contribution is -2.24. The van der Waals surface area contributed by atoms with E-state index < -0.39 is 11.9 Å². The van der Waals surface area contributed by atoms with Crippen LogP contribution in [0.25, 0.3) is 0 Å². The predicted octanol–water partition coefficient (Wildman–Crippen LogP) is 4.69. The zero-order valence-electron chi connectivity index (χ0n) is 15.5. The van der Waals surface area contributed by atoms with Crippen molar-refractivity contribution < 1.29 is 19.1 Å². The van der Waals surface area contributed by atoms with Crippen LogP contribution in [0.15, 0.2) is 77.9 Å². The Bertz CT molecular complexity index is 1070. The van der Waals surface area contributed by atoms with Crippen LogP contribution in [0, 0.1) is 3.57 Å². The van der Waals surface area contributed by atoms with Gasteiger partial charge in [0.15, 0.2) is 6.61 Å². The van der Waals surface area contributed by atoms with E-state index >= 15 is 0 Å². The molecule has 30 heavy (non-hydrogen) atoms. The first-order valence-electron chi connectivity index (χ1n) is 8.79. The lowest BCUT2D eigenvalue weighted by molar-refractivity contribution is -0.123. The van der Waals surface area contributed by atoms with Gasteiger partial charge >= 0.3 is 5.97 Å². The third-order valence-electron chi connectivity index (χ3n) is 3.78. The summed E-state index contributed by atoms with van der Waals surface area (Å²) in [6.07, 6.45) is 1.47. The number of carbonyl (C=O) groups is 2. The van der Waals surface area contributed by atoms with Crippen molar-refractivity contribution in [1.82, 2.24) is 5.43 Å². The van der Waals surface area contributed by atoms with Crippen LogP contribution in [0.1, 0.15) is 15.9 Å². The van der Waals surface area contributed by atoms with Gasteiger partial charge in [-0.05, 0) is 76.7 Å². The zero-order valence-corrected chi connectivity index (χ0v) is 18.5. The maximum Gasteiger partial charge on any atom is 0.344 e. The molecule has 0 radical (unpaired) electrons. The lowest BCUT2D eigenvalue weighted by atomic mass is 10.2. The number of hydrogen-bond donors (Lipinski definition) is 1. The summed E-state index contributed by atoms with van der Waals surface area (Å²) in [7, 11) is 0. The van der Waals surface area contributed by atoms with Crippen molar-refractivity contribution in [3.05, 3.63) is 92.5 Å². The summed E-state index contributed by atoms with van der Waals surface area (Å²) in [5, 5.41) is 4.31. The molecular weight excluding hydrogens is 519 g/mol. The Labute approximate surface area is 192 Å². The van der Waals surface area contributed by atoms with Crippen LogP contribution >= 0.6 is 34.2 Å². The van der Waals surface area contributed by atoms with Gasteiger partial charge in [0.25, 0.3) is 5.91 Å². The fourth-order valence-electron chi connectivity index (χ4n) is 2.33. The van der Waals surface area contributed by atoms with Crippen LogP contribution < -0.4 is 14.9 Å². The number of carbonyl (C=O) groups excluding carboxylic acids is 2. The molecule has 3 aromatic rings. The molecule has 0 aliphatic carbocycles. The Balaban J connectivity index is 1.48. The highest BCUT2D eigenvalue weighted by atomic mass is 127. The molecule has 1 amide bonds. The highest BCUT2D eigenvalue weighted by Gasteiger charge is 2.11. The Morgan fingerprint density at radius 1 is 1.00 bits per heavy atom. The van der Waals surface area contributed by atoms with E-state index in [2.05, 4.69) is 33.1 Å². The molecule has 3 rings (SSSR count). The molecule has 1 N–H and O–H groups in total. The molecule has 0 bridgehead atoms. The molecule has 0 aromatic heterocycles. The number of amides is 1. The molecule has 0 spiro atoms. The number of halogens is 2. The van der Waals surface area contributed by atoms with Crippen LogP contribution in [0.4, 0.5) is 0 Å². The van der Waals surface area contributed by atoms with Gasteiger partial charge in [-0.3, -0.25) is 4.79 Å². The summed E-state index contributed by atoms with van der Waals surface area (Å²) in [5.41, 5.74) is 3.60. The third kappa shape index (κ3) is 6.30. The van der Waals surface area contributed by atoms with E-state index in [1.807, 2.05) is 12.1 Å². The van der Waals surface area contributed by atoms with E-state index in [0.29, 0.717) is 22.1 Å². The fourth-order valence-corrected chi connectivity index (χ4v) is 3.12. The molecule has 0 aliphatic rings. The van der Waals surface area contributed by atoms with Crippen LogP contribution in [0.3, 0.4) is 0 Å². The summed E-state index contributed by atoms with van der Waals surface area (Å²) in [6.45, 7) is -0.214. The second-order valence-electron chi connectivity index (χ2n) is 5.95. The third-order valence-corrected chi connectivity index (χ3v) is 5.04. The summed E-state index contributed by atoms with van der Waals surface area (Å²) in [6, 6.07) is 20.8. The van der Waals surface area contributed by atoms with Crippen LogP contribution in [-0.2, 0) is 4.79 Å². The largest absolute Gasteiger partial charge is 0.482 e. The summed E-state index contributed by atoms with van der Waals surface area (Å²) >= 11 is 8.05. The summed E-state index contributed by atoms with van der Waals surface area (Å²) < 4.78 is 11.5. The quantitative estimate of drug-likeness (QED) is 0.157. The summed E-state index contributed by atoms with van der Waals surface area (Å²) in [5.74, 6) is -0.0102. The van der Waals surface area contributed by atoms with Crippen molar-refractivity contribution in [2.75, 3.05) is 6.61 Å². The number of esters is 1. The van der Waals surface area contributed by atoms with Crippen LogP contribution in [0.5, 0.6) is 11.5 Å². The SMILES string of the molecule is O=C(COc1ccccc1Cl)N/N=C/c1ccc(OC(=O)c2ccccc2I)cc1. The number of hydrogen-bond acceptors (Lipinski definition) is 5. The normalized spacial score (nSPS) is 10.6. The minimum atomic E-state index is -0.424. The zero-order chi connectivity index (χ0) is 21.3. The number of benzene rings is 3. The van der Waals surface area contributed by atoms with Gasteiger partial charge in [-0.25, -0.2) is 10.2 Å². The minimum Gasteiger partial charge on any atom is -0.482 e. The number of para-hydroxylation sites is 1. The van der Waals surface area contributed by atoms with Crippen molar-refractivity contribution >= 4 is 52.3 Å². The van der Waals surface area contributed by atoms with E-state index in [4.69, 9.17) is 21.1 Å². The maximum absolute atomic E-state index is 12.2.